The van der Waals surface area contributed by atoms with Crippen LogP contribution in [0.15, 0.2) is 6.33 Å². The van der Waals surface area contributed by atoms with Crippen molar-refractivity contribution in [3.8, 4) is 0 Å². The zero-order valence-corrected chi connectivity index (χ0v) is 11.3. The van der Waals surface area contributed by atoms with Crippen LogP contribution in [0.3, 0.4) is 0 Å². The minimum atomic E-state index is 0.306. The van der Waals surface area contributed by atoms with Gasteiger partial charge in [0.05, 0.1) is 0 Å². The van der Waals surface area contributed by atoms with E-state index in [0.29, 0.717) is 22.7 Å². The number of anilines is 2. The first-order valence-corrected chi connectivity index (χ1v) is 6.55. The van der Waals surface area contributed by atoms with Gasteiger partial charge in [0.1, 0.15) is 12.0 Å². The summed E-state index contributed by atoms with van der Waals surface area (Å²) in [6.45, 7) is 4.34. The molecule has 0 bridgehead atoms. The summed E-state index contributed by atoms with van der Waals surface area (Å²) in [6.07, 6.45) is 7.60. The van der Waals surface area contributed by atoms with Crippen LogP contribution in [0.5, 0.6) is 0 Å². The number of aromatic nitrogens is 2. The Kier molecular flexibility index (Phi) is 6.05. The highest BCUT2D eigenvalue weighted by molar-refractivity contribution is 6.32. The predicted molar refractivity (Wildman–Crippen MR) is 73.3 cm³/mol. The highest BCUT2D eigenvalue weighted by atomic mass is 35.5. The van der Waals surface area contributed by atoms with Gasteiger partial charge >= 0.3 is 0 Å². The van der Waals surface area contributed by atoms with Gasteiger partial charge in [-0.3, -0.25) is 0 Å². The van der Waals surface area contributed by atoms with Crippen molar-refractivity contribution in [2.75, 3.05) is 11.1 Å². The quantitative estimate of drug-likeness (QED) is 0.579. The molecule has 1 rings (SSSR count). The van der Waals surface area contributed by atoms with Gasteiger partial charge in [-0.15, -0.1) is 0 Å². The van der Waals surface area contributed by atoms with Gasteiger partial charge < -0.3 is 11.1 Å². The molecule has 3 N–H and O–H groups in total. The molecule has 1 aromatic heterocycles. The van der Waals surface area contributed by atoms with Gasteiger partial charge in [-0.1, -0.05) is 44.2 Å². The molecule has 0 saturated carbocycles. The summed E-state index contributed by atoms with van der Waals surface area (Å²) >= 11 is 5.83. The lowest BCUT2D eigenvalue weighted by molar-refractivity contribution is 0.593. The molecule has 4 nitrogen and oxygen atoms in total. The second kappa shape index (κ2) is 7.33. The van der Waals surface area contributed by atoms with E-state index in [2.05, 4.69) is 29.1 Å². The molecule has 1 unspecified atom stereocenters. The average molecular weight is 257 g/mol. The van der Waals surface area contributed by atoms with Gasteiger partial charge in [0, 0.05) is 6.04 Å². The molecule has 5 heteroatoms. The lowest BCUT2D eigenvalue weighted by Crippen LogP contribution is -2.17. The smallest absolute Gasteiger partial charge is 0.157 e. The number of unbranched alkanes of at least 4 members (excludes halogenated alkanes) is 3. The molecule has 1 atom stereocenters. The largest absolute Gasteiger partial charge is 0.393 e. The highest BCUT2D eigenvalue weighted by Crippen LogP contribution is 2.23. The first kappa shape index (κ1) is 14.0. The van der Waals surface area contributed by atoms with Crippen LogP contribution in [0.25, 0.3) is 0 Å². The van der Waals surface area contributed by atoms with E-state index in [0.717, 1.165) is 6.42 Å². The first-order chi connectivity index (χ1) is 8.15. The molecule has 0 aliphatic heterocycles. The van der Waals surface area contributed by atoms with E-state index in [4.69, 9.17) is 17.3 Å². The summed E-state index contributed by atoms with van der Waals surface area (Å²) < 4.78 is 0. The van der Waals surface area contributed by atoms with Gasteiger partial charge in [0.15, 0.2) is 11.0 Å². The van der Waals surface area contributed by atoms with E-state index >= 15 is 0 Å². The van der Waals surface area contributed by atoms with Crippen LogP contribution in [-0.4, -0.2) is 16.0 Å². The molecule has 0 fully saturated rings. The van der Waals surface area contributed by atoms with Crippen LogP contribution in [0.1, 0.15) is 46.0 Å². The van der Waals surface area contributed by atoms with E-state index in [-0.39, 0.29) is 0 Å². The third kappa shape index (κ3) is 4.77. The molecule has 0 aromatic carbocycles. The Morgan fingerprint density at radius 2 is 2.12 bits per heavy atom. The van der Waals surface area contributed by atoms with Crippen molar-refractivity contribution in [3.63, 3.8) is 0 Å². The molecular weight excluding hydrogens is 236 g/mol. The average Bonchev–Trinajstić information content (AvgIpc) is 2.31. The molecule has 0 aliphatic rings. The SMILES string of the molecule is CCCCCCC(C)Nc1ncnc(Cl)c1N. The van der Waals surface area contributed by atoms with E-state index < -0.39 is 0 Å². The van der Waals surface area contributed by atoms with Crippen LogP contribution in [-0.2, 0) is 0 Å². The van der Waals surface area contributed by atoms with Crippen molar-refractivity contribution in [1.82, 2.24) is 9.97 Å². The molecule has 1 heterocycles. The fourth-order valence-corrected chi connectivity index (χ4v) is 1.81. The molecule has 1 aromatic rings. The lowest BCUT2D eigenvalue weighted by Gasteiger charge is -2.15. The Hall–Kier alpha value is -1.03. The van der Waals surface area contributed by atoms with Crippen LogP contribution in [0.2, 0.25) is 5.15 Å². The highest BCUT2D eigenvalue weighted by Gasteiger charge is 2.08. The topological polar surface area (TPSA) is 63.8 Å². The maximum absolute atomic E-state index is 5.83. The second-order valence-electron chi connectivity index (χ2n) is 4.32. The van der Waals surface area contributed by atoms with Gasteiger partial charge in [-0.05, 0) is 13.3 Å². The minimum Gasteiger partial charge on any atom is -0.393 e. The third-order valence-electron chi connectivity index (χ3n) is 2.71. The number of nitrogen functional groups attached to an aromatic ring is 1. The van der Waals surface area contributed by atoms with Crippen molar-refractivity contribution in [1.29, 1.82) is 0 Å². The van der Waals surface area contributed by atoms with E-state index in [9.17, 15) is 0 Å². The fraction of sp³-hybridized carbons (Fsp3) is 0.667. The van der Waals surface area contributed by atoms with Crippen molar-refractivity contribution in [2.24, 2.45) is 0 Å². The van der Waals surface area contributed by atoms with Gasteiger partial charge in [0.25, 0.3) is 0 Å². The number of nitrogens with one attached hydrogen (secondary N) is 1. The number of halogens is 1. The van der Waals surface area contributed by atoms with Crippen LogP contribution < -0.4 is 11.1 Å². The number of nitrogens with zero attached hydrogens (tertiary/aromatic N) is 2. The molecule has 96 valence electrons. The van der Waals surface area contributed by atoms with Crippen LogP contribution in [0, 0.1) is 0 Å². The van der Waals surface area contributed by atoms with E-state index in [1.54, 1.807) is 0 Å². The summed E-state index contributed by atoms with van der Waals surface area (Å²) in [4.78, 5) is 7.91. The molecule has 0 saturated heterocycles. The van der Waals surface area contributed by atoms with Gasteiger partial charge in [-0.25, -0.2) is 9.97 Å². The van der Waals surface area contributed by atoms with Crippen molar-refractivity contribution >= 4 is 23.1 Å². The summed E-state index contributed by atoms with van der Waals surface area (Å²) in [5.41, 5.74) is 6.21. The summed E-state index contributed by atoms with van der Waals surface area (Å²) in [5.74, 6) is 0.632. The number of hydrogen-bond donors (Lipinski definition) is 2. The Labute approximate surface area is 108 Å². The molecule has 0 spiro atoms. The number of nitrogens with two attached hydrogens (primary N) is 1. The second-order valence-corrected chi connectivity index (χ2v) is 4.68. The Bertz CT molecular complexity index is 343. The van der Waals surface area contributed by atoms with Crippen LogP contribution >= 0.6 is 11.6 Å². The predicted octanol–water partition coefficient (Wildman–Crippen LogP) is 3.48. The monoisotopic (exact) mass is 256 g/mol. The van der Waals surface area contributed by atoms with Crippen molar-refractivity contribution in [2.45, 2.75) is 52.0 Å². The standard InChI is InChI=1S/C12H21ClN4/c1-3-4-5-6-7-9(2)17-12-10(14)11(13)15-8-16-12/h8-9H,3-7,14H2,1-2H3,(H,15,16,17). The van der Waals surface area contributed by atoms with Gasteiger partial charge in [-0.2, -0.15) is 0 Å². The Balaban J connectivity index is 2.39. The van der Waals surface area contributed by atoms with E-state index in [1.165, 1.54) is 32.0 Å². The summed E-state index contributed by atoms with van der Waals surface area (Å²) in [5, 5.41) is 3.57. The van der Waals surface area contributed by atoms with Gasteiger partial charge in [0.2, 0.25) is 0 Å². The van der Waals surface area contributed by atoms with Crippen LogP contribution in [0.4, 0.5) is 11.5 Å². The fourth-order valence-electron chi connectivity index (χ4n) is 1.67. The van der Waals surface area contributed by atoms with Crippen molar-refractivity contribution in [3.05, 3.63) is 11.5 Å². The number of hydrogen-bond acceptors (Lipinski definition) is 4. The maximum atomic E-state index is 5.83. The normalized spacial score (nSPS) is 12.4. The summed E-state index contributed by atoms with van der Waals surface area (Å²) in [6, 6.07) is 0.347. The molecule has 0 amide bonds. The van der Waals surface area contributed by atoms with Crippen molar-refractivity contribution < 1.29 is 0 Å². The number of rotatable bonds is 7. The zero-order chi connectivity index (χ0) is 12.7. The first-order valence-electron chi connectivity index (χ1n) is 6.17. The Morgan fingerprint density at radius 3 is 2.82 bits per heavy atom. The Morgan fingerprint density at radius 1 is 1.35 bits per heavy atom. The molecular formula is C12H21ClN4. The van der Waals surface area contributed by atoms with E-state index in [1.807, 2.05) is 0 Å². The molecule has 0 radical (unpaired) electrons. The third-order valence-corrected chi connectivity index (χ3v) is 3.01. The lowest BCUT2D eigenvalue weighted by atomic mass is 10.1. The minimum absolute atomic E-state index is 0.306. The summed E-state index contributed by atoms with van der Waals surface area (Å²) in [7, 11) is 0. The molecule has 17 heavy (non-hydrogen) atoms. The zero-order valence-electron chi connectivity index (χ0n) is 10.5. The maximum Gasteiger partial charge on any atom is 0.157 e. The molecule has 0 aliphatic carbocycles.